The maximum absolute atomic E-state index is 13.0. The highest BCUT2D eigenvalue weighted by atomic mass is 16.7. The van der Waals surface area contributed by atoms with Crippen molar-refractivity contribution in [2.24, 2.45) is 0 Å². The Morgan fingerprint density at radius 1 is 1.33 bits per heavy atom. The number of nitrogens with zero attached hydrogens (tertiary/aromatic N) is 5. The number of rotatable bonds is 9. The summed E-state index contributed by atoms with van der Waals surface area (Å²) < 4.78 is 16.1. The summed E-state index contributed by atoms with van der Waals surface area (Å²) in [6, 6.07) is 6.78. The molecule has 0 spiro atoms. The second kappa shape index (κ2) is 12.3. The first kappa shape index (κ1) is 26.8. The Bertz CT molecular complexity index is 1130. The Kier molecular flexibility index (Phi) is 9.13. The van der Waals surface area contributed by atoms with Crippen LogP contribution < -0.4 is 15.5 Å². The number of ether oxygens (including phenoxy) is 3. The smallest absolute Gasteiger partial charge is 0.328 e. The third-order valence-corrected chi connectivity index (χ3v) is 5.45. The average Bonchev–Trinajstić information content (AvgIpc) is 2.86. The van der Waals surface area contributed by atoms with E-state index in [1.165, 1.54) is 25.3 Å². The number of anilines is 3. The highest BCUT2D eigenvalue weighted by Crippen LogP contribution is 2.25. The lowest BCUT2D eigenvalue weighted by atomic mass is 10.1. The molecule has 12 nitrogen and oxygen atoms in total. The summed E-state index contributed by atoms with van der Waals surface area (Å²) in [4.78, 5) is 37.0. The molecule has 0 atom stereocenters. The van der Waals surface area contributed by atoms with Crippen molar-refractivity contribution in [1.29, 1.82) is 5.26 Å². The van der Waals surface area contributed by atoms with Gasteiger partial charge in [0.1, 0.15) is 30.0 Å². The van der Waals surface area contributed by atoms with Crippen LogP contribution in [-0.2, 0) is 25.5 Å². The average molecular weight is 498 g/mol. The van der Waals surface area contributed by atoms with Gasteiger partial charge in [-0.2, -0.15) is 5.26 Å². The summed E-state index contributed by atoms with van der Waals surface area (Å²) in [5.41, 5.74) is 2.14. The monoisotopic (exact) mass is 497 g/mol. The molecule has 3 amide bonds. The van der Waals surface area contributed by atoms with E-state index in [-0.39, 0.29) is 24.4 Å². The summed E-state index contributed by atoms with van der Waals surface area (Å²) in [6.45, 7) is 5.18. The Labute approximate surface area is 210 Å². The first-order valence-corrected chi connectivity index (χ1v) is 11.4. The molecule has 1 saturated heterocycles. The van der Waals surface area contributed by atoms with Crippen LogP contribution >= 0.6 is 0 Å². The maximum Gasteiger partial charge on any atom is 0.328 e. The fourth-order valence-corrected chi connectivity index (χ4v) is 3.60. The van der Waals surface area contributed by atoms with E-state index in [1.54, 1.807) is 30.1 Å². The molecule has 1 fully saturated rings. The van der Waals surface area contributed by atoms with Crippen LogP contribution in [0.1, 0.15) is 37.0 Å². The largest absolute Gasteiger partial charge is 0.382 e. The van der Waals surface area contributed by atoms with Crippen molar-refractivity contribution in [2.45, 2.75) is 32.7 Å². The molecule has 0 saturated carbocycles. The van der Waals surface area contributed by atoms with Crippen molar-refractivity contribution in [1.82, 2.24) is 14.9 Å². The van der Waals surface area contributed by atoms with Crippen LogP contribution in [-0.4, -0.2) is 73.9 Å². The van der Waals surface area contributed by atoms with Gasteiger partial charge in [0.05, 0.1) is 17.9 Å². The molecule has 2 aromatic heterocycles. The SMILES string of the molecule is COC(OC)c1nc(N(C)C(=O)Nc2cc(NC(C)C)c(C#N)cn2)ccc1CN1CCOCC1=O. The predicted molar refractivity (Wildman–Crippen MR) is 132 cm³/mol. The van der Waals surface area contributed by atoms with E-state index in [1.807, 2.05) is 13.8 Å². The number of aromatic nitrogens is 2. The lowest BCUT2D eigenvalue weighted by molar-refractivity contribution is -0.143. The van der Waals surface area contributed by atoms with Crippen LogP contribution in [0.15, 0.2) is 24.4 Å². The summed E-state index contributed by atoms with van der Waals surface area (Å²) in [5, 5.41) is 15.2. The van der Waals surface area contributed by atoms with Gasteiger partial charge in [-0.05, 0) is 25.5 Å². The van der Waals surface area contributed by atoms with Crippen molar-refractivity contribution < 1.29 is 23.8 Å². The zero-order valence-electron chi connectivity index (χ0n) is 21.1. The molecule has 36 heavy (non-hydrogen) atoms. The van der Waals surface area contributed by atoms with Gasteiger partial charge in [0.2, 0.25) is 12.2 Å². The maximum atomic E-state index is 13.0. The molecule has 1 aliphatic heterocycles. The van der Waals surface area contributed by atoms with Crippen LogP contribution in [0.3, 0.4) is 0 Å². The molecule has 12 heteroatoms. The van der Waals surface area contributed by atoms with E-state index in [0.717, 1.165) is 5.56 Å². The number of methoxy groups -OCH3 is 2. The number of morpholine rings is 1. The van der Waals surface area contributed by atoms with Crippen LogP contribution in [0.4, 0.5) is 22.1 Å². The molecule has 0 aromatic carbocycles. The predicted octanol–water partition coefficient (Wildman–Crippen LogP) is 2.49. The van der Waals surface area contributed by atoms with Gasteiger partial charge in [-0.1, -0.05) is 6.07 Å². The number of urea groups is 1. The normalized spacial score (nSPS) is 13.6. The Morgan fingerprint density at radius 3 is 2.72 bits per heavy atom. The second-order valence-corrected chi connectivity index (χ2v) is 8.40. The van der Waals surface area contributed by atoms with Crippen LogP contribution in [0, 0.1) is 11.3 Å². The molecule has 0 radical (unpaired) electrons. The van der Waals surface area contributed by atoms with E-state index in [0.29, 0.717) is 42.5 Å². The zero-order chi connectivity index (χ0) is 26.2. The number of amides is 3. The molecular weight excluding hydrogens is 466 g/mol. The molecule has 0 aliphatic carbocycles. The quantitative estimate of drug-likeness (QED) is 0.500. The molecule has 2 aromatic rings. The lowest BCUT2D eigenvalue weighted by Gasteiger charge is -2.28. The van der Waals surface area contributed by atoms with E-state index >= 15 is 0 Å². The first-order chi connectivity index (χ1) is 17.3. The van der Waals surface area contributed by atoms with Crippen molar-refractivity contribution in [3.63, 3.8) is 0 Å². The Hall–Kier alpha value is -3.79. The molecular formula is C24H31N7O5. The minimum absolute atomic E-state index is 0.0412. The summed E-state index contributed by atoms with van der Waals surface area (Å²) in [6.07, 6.45) is 0.609. The zero-order valence-corrected chi connectivity index (χ0v) is 21.1. The van der Waals surface area contributed by atoms with Crippen LogP contribution in [0.2, 0.25) is 0 Å². The molecule has 2 N–H and O–H groups in total. The van der Waals surface area contributed by atoms with Crippen molar-refractivity contribution >= 4 is 29.3 Å². The topological polar surface area (TPSA) is 142 Å². The fourth-order valence-electron chi connectivity index (χ4n) is 3.60. The summed E-state index contributed by atoms with van der Waals surface area (Å²) in [5.74, 6) is 0.511. The summed E-state index contributed by atoms with van der Waals surface area (Å²) in [7, 11) is 4.54. The molecule has 3 rings (SSSR count). The second-order valence-electron chi connectivity index (χ2n) is 8.40. The number of hydrogen-bond acceptors (Lipinski definition) is 9. The van der Waals surface area contributed by atoms with Gasteiger partial charge in [-0.3, -0.25) is 15.0 Å². The highest BCUT2D eigenvalue weighted by Gasteiger charge is 2.25. The number of carbonyl (C=O) groups excluding carboxylic acids is 2. The minimum Gasteiger partial charge on any atom is -0.382 e. The van der Waals surface area contributed by atoms with Crippen LogP contribution in [0.25, 0.3) is 0 Å². The van der Waals surface area contributed by atoms with Gasteiger partial charge < -0.3 is 24.4 Å². The number of nitrogens with one attached hydrogen (secondary N) is 2. The molecule has 0 unspecified atom stereocenters. The number of hydrogen-bond donors (Lipinski definition) is 2. The molecule has 0 bridgehead atoms. The number of carbonyl (C=O) groups is 2. The van der Waals surface area contributed by atoms with Gasteiger partial charge in [0, 0.05) is 52.7 Å². The van der Waals surface area contributed by atoms with Crippen LogP contribution in [0.5, 0.6) is 0 Å². The summed E-state index contributed by atoms with van der Waals surface area (Å²) >= 11 is 0. The Morgan fingerprint density at radius 2 is 2.08 bits per heavy atom. The first-order valence-electron chi connectivity index (χ1n) is 11.4. The minimum atomic E-state index is -0.794. The van der Waals surface area contributed by atoms with Gasteiger partial charge in [0.25, 0.3) is 0 Å². The third kappa shape index (κ3) is 6.45. The third-order valence-electron chi connectivity index (χ3n) is 5.45. The van der Waals surface area contributed by atoms with Gasteiger partial charge in [0.15, 0.2) is 0 Å². The van der Waals surface area contributed by atoms with Gasteiger partial charge >= 0.3 is 6.03 Å². The molecule has 3 heterocycles. The lowest BCUT2D eigenvalue weighted by Crippen LogP contribution is -2.41. The van der Waals surface area contributed by atoms with E-state index in [4.69, 9.17) is 14.2 Å². The van der Waals surface area contributed by atoms with Gasteiger partial charge in [-0.15, -0.1) is 0 Å². The number of pyridine rings is 2. The van der Waals surface area contributed by atoms with E-state index in [9.17, 15) is 14.9 Å². The van der Waals surface area contributed by atoms with Crippen molar-refractivity contribution in [2.75, 3.05) is 56.6 Å². The van der Waals surface area contributed by atoms with Gasteiger partial charge in [-0.25, -0.2) is 14.8 Å². The molecule has 1 aliphatic rings. The Balaban J connectivity index is 1.83. The van der Waals surface area contributed by atoms with Crippen molar-refractivity contribution in [3.05, 3.63) is 41.2 Å². The fraction of sp³-hybridized carbons (Fsp3) is 0.458. The van der Waals surface area contributed by atoms with E-state index in [2.05, 4.69) is 26.7 Å². The standard InChI is InChI=1S/C24H31N7O5/c1-15(2)27-18-10-19(26-12-17(18)11-25)28-24(33)30(3)20-7-6-16(22(29-20)23(34-4)35-5)13-31-8-9-36-14-21(31)32/h6-7,10,12,15,23H,8-9,13-14H2,1-5H3,(H2,26,27,28,33). The van der Waals surface area contributed by atoms with E-state index < -0.39 is 12.3 Å². The number of nitriles is 1. The highest BCUT2D eigenvalue weighted by molar-refractivity contribution is 6.00. The molecule has 192 valence electrons. The van der Waals surface area contributed by atoms with Crippen molar-refractivity contribution in [3.8, 4) is 6.07 Å².